The Kier molecular flexibility index (Phi) is 5.86. The van der Waals surface area contributed by atoms with Gasteiger partial charge in [-0.3, -0.25) is 4.68 Å². The second-order valence-corrected chi connectivity index (χ2v) is 8.00. The van der Waals surface area contributed by atoms with Crippen molar-refractivity contribution in [3.63, 3.8) is 0 Å². The van der Waals surface area contributed by atoms with Crippen molar-refractivity contribution in [3.05, 3.63) is 91.0 Å². The Balaban J connectivity index is 1.43. The van der Waals surface area contributed by atoms with Gasteiger partial charge in [0.25, 0.3) is 0 Å². The normalized spacial score (nSPS) is 11.0. The molecule has 5 aromatic rings. The molecular formula is C26H24FN7. The lowest BCUT2D eigenvalue weighted by atomic mass is 10.0. The lowest BCUT2D eigenvalue weighted by Gasteiger charge is -2.09. The van der Waals surface area contributed by atoms with Crippen molar-refractivity contribution in [1.82, 2.24) is 29.5 Å². The van der Waals surface area contributed by atoms with Gasteiger partial charge in [0.2, 0.25) is 0 Å². The minimum Gasteiger partial charge on any atom is -0.340 e. The van der Waals surface area contributed by atoms with Gasteiger partial charge in [0.1, 0.15) is 29.5 Å². The van der Waals surface area contributed by atoms with Gasteiger partial charge in [-0.2, -0.15) is 10.2 Å². The standard InChI is InChI=1S/C26H24FN7/c1-3-14-33-16-24(26(32-33)19-4-6-21(27)7-5-19)20-12-13-28-25(15-20)30-22-8-10-23(11-9-22)34-17-29-18(2)31-34/h4-13,15-17H,3,14H2,1-2H3,(H,28,30). The first kappa shape index (κ1) is 21.5. The molecule has 0 aliphatic carbocycles. The van der Waals surface area contributed by atoms with Crippen molar-refractivity contribution in [2.24, 2.45) is 0 Å². The summed E-state index contributed by atoms with van der Waals surface area (Å²) in [4.78, 5) is 8.65. The van der Waals surface area contributed by atoms with E-state index in [2.05, 4.69) is 27.3 Å². The molecule has 0 fully saturated rings. The fourth-order valence-corrected chi connectivity index (χ4v) is 3.78. The van der Waals surface area contributed by atoms with Crippen LogP contribution in [0.25, 0.3) is 28.1 Å². The predicted octanol–water partition coefficient (Wildman–Crippen LogP) is 5.79. The zero-order chi connectivity index (χ0) is 23.5. The number of hydrogen-bond acceptors (Lipinski definition) is 5. The molecule has 0 radical (unpaired) electrons. The van der Waals surface area contributed by atoms with Crippen molar-refractivity contribution >= 4 is 11.5 Å². The number of rotatable bonds is 7. The largest absolute Gasteiger partial charge is 0.340 e. The molecule has 0 spiro atoms. The molecule has 34 heavy (non-hydrogen) atoms. The van der Waals surface area contributed by atoms with Crippen LogP contribution in [0.15, 0.2) is 79.4 Å². The van der Waals surface area contributed by atoms with Crippen LogP contribution in [0.4, 0.5) is 15.9 Å². The monoisotopic (exact) mass is 453 g/mol. The number of pyridine rings is 1. The summed E-state index contributed by atoms with van der Waals surface area (Å²) in [5, 5.41) is 12.5. The number of hydrogen-bond donors (Lipinski definition) is 1. The van der Waals surface area contributed by atoms with E-state index in [0.717, 1.165) is 58.4 Å². The molecule has 0 aliphatic rings. The number of halogens is 1. The van der Waals surface area contributed by atoms with Gasteiger partial charge in [0, 0.05) is 35.8 Å². The van der Waals surface area contributed by atoms with E-state index in [0.29, 0.717) is 0 Å². The van der Waals surface area contributed by atoms with Crippen LogP contribution < -0.4 is 5.32 Å². The fourth-order valence-electron chi connectivity index (χ4n) is 3.78. The Hall–Kier alpha value is -4.33. The van der Waals surface area contributed by atoms with E-state index in [1.807, 2.05) is 54.2 Å². The summed E-state index contributed by atoms with van der Waals surface area (Å²) in [5.74, 6) is 1.18. The average Bonchev–Trinajstić information content (AvgIpc) is 3.47. The number of nitrogens with one attached hydrogen (secondary N) is 1. The highest BCUT2D eigenvalue weighted by molar-refractivity contribution is 5.81. The van der Waals surface area contributed by atoms with Crippen LogP contribution in [0.1, 0.15) is 19.2 Å². The molecule has 7 nitrogen and oxygen atoms in total. The summed E-state index contributed by atoms with van der Waals surface area (Å²) in [6, 6.07) is 18.3. The first-order chi connectivity index (χ1) is 16.6. The molecular weight excluding hydrogens is 429 g/mol. The zero-order valence-electron chi connectivity index (χ0n) is 19.0. The average molecular weight is 454 g/mol. The van der Waals surface area contributed by atoms with E-state index < -0.39 is 0 Å². The maximum absolute atomic E-state index is 13.5. The van der Waals surface area contributed by atoms with Crippen molar-refractivity contribution in [2.45, 2.75) is 26.8 Å². The maximum Gasteiger partial charge on any atom is 0.147 e. The van der Waals surface area contributed by atoms with E-state index in [-0.39, 0.29) is 5.82 Å². The first-order valence-electron chi connectivity index (χ1n) is 11.1. The van der Waals surface area contributed by atoms with Crippen LogP contribution in [0.2, 0.25) is 0 Å². The molecule has 0 unspecified atom stereocenters. The predicted molar refractivity (Wildman–Crippen MR) is 131 cm³/mol. The third-order valence-electron chi connectivity index (χ3n) is 5.41. The Morgan fingerprint density at radius 3 is 2.41 bits per heavy atom. The number of benzene rings is 2. The summed E-state index contributed by atoms with van der Waals surface area (Å²) in [6.45, 7) is 4.78. The van der Waals surface area contributed by atoms with Crippen molar-refractivity contribution < 1.29 is 4.39 Å². The van der Waals surface area contributed by atoms with Gasteiger partial charge in [-0.1, -0.05) is 6.92 Å². The Labute approximate surface area is 196 Å². The topological polar surface area (TPSA) is 73.5 Å². The quantitative estimate of drug-likeness (QED) is 0.337. The molecule has 2 aromatic carbocycles. The van der Waals surface area contributed by atoms with Gasteiger partial charge in [0.05, 0.1) is 5.69 Å². The van der Waals surface area contributed by atoms with E-state index in [1.165, 1.54) is 12.1 Å². The smallest absolute Gasteiger partial charge is 0.147 e. The number of anilines is 2. The zero-order valence-corrected chi connectivity index (χ0v) is 19.0. The van der Waals surface area contributed by atoms with Crippen LogP contribution in [-0.4, -0.2) is 29.5 Å². The fraction of sp³-hybridized carbons (Fsp3) is 0.154. The Bertz CT molecular complexity index is 1400. The molecule has 0 saturated heterocycles. The number of aryl methyl sites for hydroxylation is 2. The molecule has 3 aromatic heterocycles. The minimum absolute atomic E-state index is 0.265. The van der Waals surface area contributed by atoms with Gasteiger partial charge in [-0.05, 0) is 79.6 Å². The number of aromatic nitrogens is 6. The number of nitrogens with zero attached hydrogens (tertiary/aromatic N) is 6. The highest BCUT2D eigenvalue weighted by Crippen LogP contribution is 2.32. The minimum atomic E-state index is -0.265. The summed E-state index contributed by atoms with van der Waals surface area (Å²) in [7, 11) is 0. The first-order valence-corrected chi connectivity index (χ1v) is 11.1. The van der Waals surface area contributed by atoms with Gasteiger partial charge in [0.15, 0.2) is 0 Å². The third kappa shape index (κ3) is 4.56. The van der Waals surface area contributed by atoms with E-state index >= 15 is 0 Å². The molecule has 3 heterocycles. The lowest BCUT2D eigenvalue weighted by molar-refractivity contribution is 0.604. The lowest BCUT2D eigenvalue weighted by Crippen LogP contribution is -1.97. The molecule has 5 rings (SSSR count). The van der Waals surface area contributed by atoms with Crippen molar-refractivity contribution in [1.29, 1.82) is 0 Å². The van der Waals surface area contributed by atoms with Crippen molar-refractivity contribution in [3.8, 4) is 28.1 Å². The van der Waals surface area contributed by atoms with Crippen LogP contribution >= 0.6 is 0 Å². The van der Waals surface area contributed by atoms with Crippen LogP contribution in [0.5, 0.6) is 0 Å². The summed E-state index contributed by atoms with van der Waals surface area (Å²) < 4.78 is 17.2. The molecule has 0 aliphatic heterocycles. The third-order valence-corrected chi connectivity index (χ3v) is 5.41. The Morgan fingerprint density at radius 2 is 1.71 bits per heavy atom. The molecule has 170 valence electrons. The highest BCUT2D eigenvalue weighted by atomic mass is 19.1. The summed E-state index contributed by atoms with van der Waals surface area (Å²) in [6.07, 6.45) is 6.48. The van der Waals surface area contributed by atoms with E-state index in [4.69, 9.17) is 5.10 Å². The summed E-state index contributed by atoms with van der Waals surface area (Å²) >= 11 is 0. The van der Waals surface area contributed by atoms with E-state index in [9.17, 15) is 4.39 Å². The van der Waals surface area contributed by atoms with Crippen molar-refractivity contribution in [2.75, 3.05) is 5.32 Å². The highest BCUT2D eigenvalue weighted by Gasteiger charge is 2.14. The SMILES string of the molecule is CCCn1cc(-c2ccnc(Nc3ccc(-n4cnc(C)n4)cc3)c2)c(-c2ccc(F)cc2)n1. The second-order valence-electron chi connectivity index (χ2n) is 8.00. The van der Waals surface area contributed by atoms with E-state index in [1.54, 1.807) is 29.3 Å². The molecule has 0 atom stereocenters. The van der Waals surface area contributed by atoms with Gasteiger partial charge < -0.3 is 5.32 Å². The molecule has 1 N–H and O–H groups in total. The van der Waals surface area contributed by atoms with Gasteiger partial charge in [-0.25, -0.2) is 19.0 Å². The van der Waals surface area contributed by atoms with Gasteiger partial charge in [-0.15, -0.1) is 0 Å². The van der Waals surface area contributed by atoms with Gasteiger partial charge >= 0.3 is 0 Å². The second kappa shape index (κ2) is 9.27. The van der Waals surface area contributed by atoms with Crippen LogP contribution in [0.3, 0.4) is 0 Å². The summed E-state index contributed by atoms with van der Waals surface area (Å²) in [5.41, 5.74) is 5.48. The Morgan fingerprint density at radius 1 is 0.912 bits per heavy atom. The molecule has 8 heteroatoms. The maximum atomic E-state index is 13.5. The molecule has 0 amide bonds. The van der Waals surface area contributed by atoms with Crippen LogP contribution in [-0.2, 0) is 6.54 Å². The molecule has 0 bridgehead atoms. The molecule has 0 saturated carbocycles. The van der Waals surface area contributed by atoms with Crippen LogP contribution in [0, 0.1) is 12.7 Å².